The number of rotatable bonds is 1. The van der Waals surface area contributed by atoms with Gasteiger partial charge in [-0.05, 0) is 57.0 Å². The standard InChI is InChI=1S/C14H24N2/c1-3-10-9-16-13(11(10)4-1)14-6-2-5-12(14)15-8-7-14/h10-13,15-16H,1-9H2. The van der Waals surface area contributed by atoms with Crippen molar-refractivity contribution >= 4 is 0 Å². The van der Waals surface area contributed by atoms with E-state index in [1.807, 2.05) is 0 Å². The van der Waals surface area contributed by atoms with Crippen LogP contribution < -0.4 is 10.6 Å². The zero-order valence-electron chi connectivity index (χ0n) is 10.2. The van der Waals surface area contributed by atoms with Gasteiger partial charge in [0.15, 0.2) is 0 Å². The predicted molar refractivity (Wildman–Crippen MR) is 65.3 cm³/mol. The van der Waals surface area contributed by atoms with Crippen LogP contribution >= 0.6 is 0 Å². The molecule has 2 heteroatoms. The van der Waals surface area contributed by atoms with Crippen molar-refractivity contribution in [3.05, 3.63) is 0 Å². The summed E-state index contributed by atoms with van der Waals surface area (Å²) in [6.45, 7) is 2.60. The van der Waals surface area contributed by atoms with Crippen LogP contribution in [0.15, 0.2) is 0 Å². The van der Waals surface area contributed by atoms with E-state index < -0.39 is 0 Å². The molecule has 16 heavy (non-hydrogen) atoms. The smallest absolute Gasteiger partial charge is 0.0170 e. The molecule has 0 aromatic rings. The van der Waals surface area contributed by atoms with Crippen molar-refractivity contribution < 1.29 is 0 Å². The van der Waals surface area contributed by atoms with Crippen LogP contribution in [0, 0.1) is 17.3 Å². The molecule has 4 fully saturated rings. The molecule has 5 unspecified atom stereocenters. The van der Waals surface area contributed by atoms with Gasteiger partial charge in [-0.25, -0.2) is 0 Å². The molecule has 4 aliphatic rings. The maximum absolute atomic E-state index is 3.92. The molecular weight excluding hydrogens is 196 g/mol. The summed E-state index contributed by atoms with van der Waals surface area (Å²) in [6, 6.07) is 1.71. The van der Waals surface area contributed by atoms with E-state index >= 15 is 0 Å². The molecule has 0 aromatic heterocycles. The molecule has 0 aromatic carbocycles. The van der Waals surface area contributed by atoms with Crippen molar-refractivity contribution in [2.75, 3.05) is 13.1 Å². The zero-order chi connectivity index (χ0) is 10.6. The van der Waals surface area contributed by atoms with Crippen molar-refractivity contribution in [3.8, 4) is 0 Å². The lowest BCUT2D eigenvalue weighted by atomic mass is 9.70. The van der Waals surface area contributed by atoms with Crippen molar-refractivity contribution in [1.82, 2.24) is 10.6 Å². The highest BCUT2D eigenvalue weighted by Gasteiger charge is 2.56. The summed E-state index contributed by atoms with van der Waals surface area (Å²) >= 11 is 0. The molecule has 2 saturated heterocycles. The van der Waals surface area contributed by atoms with Crippen LogP contribution in [0.3, 0.4) is 0 Å². The summed E-state index contributed by atoms with van der Waals surface area (Å²) in [4.78, 5) is 0. The van der Waals surface area contributed by atoms with Gasteiger partial charge in [-0.1, -0.05) is 12.8 Å². The Balaban J connectivity index is 1.64. The molecule has 0 bridgehead atoms. The minimum Gasteiger partial charge on any atom is -0.313 e. The first kappa shape index (κ1) is 9.90. The van der Waals surface area contributed by atoms with Gasteiger partial charge in [0, 0.05) is 17.5 Å². The zero-order valence-corrected chi connectivity index (χ0v) is 10.2. The Morgan fingerprint density at radius 1 is 0.938 bits per heavy atom. The van der Waals surface area contributed by atoms with Crippen LogP contribution in [-0.2, 0) is 0 Å². The van der Waals surface area contributed by atoms with Crippen LogP contribution in [0.25, 0.3) is 0 Å². The number of hydrogen-bond acceptors (Lipinski definition) is 2. The average Bonchev–Trinajstić information content (AvgIpc) is 2.95. The average molecular weight is 220 g/mol. The lowest BCUT2D eigenvalue weighted by Gasteiger charge is -2.39. The van der Waals surface area contributed by atoms with E-state index in [-0.39, 0.29) is 0 Å². The molecule has 0 spiro atoms. The molecule has 2 heterocycles. The Morgan fingerprint density at radius 3 is 2.94 bits per heavy atom. The lowest BCUT2D eigenvalue weighted by Crippen LogP contribution is -2.49. The lowest BCUT2D eigenvalue weighted by molar-refractivity contribution is 0.161. The number of fused-ring (bicyclic) bond motifs is 2. The summed E-state index contributed by atoms with van der Waals surface area (Å²) in [5.41, 5.74) is 0.657. The second-order valence-corrected chi connectivity index (χ2v) is 6.62. The molecule has 0 amide bonds. The van der Waals surface area contributed by atoms with E-state index in [1.54, 1.807) is 0 Å². The first-order chi connectivity index (χ1) is 7.90. The van der Waals surface area contributed by atoms with Gasteiger partial charge in [0.05, 0.1) is 0 Å². The van der Waals surface area contributed by atoms with Crippen LogP contribution in [0.1, 0.15) is 44.9 Å². The predicted octanol–water partition coefficient (Wildman–Crippen LogP) is 1.91. The van der Waals surface area contributed by atoms with E-state index in [0.29, 0.717) is 5.41 Å². The summed E-state index contributed by atoms with van der Waals surface area (Å²) in [5.74, 6) is 2.06. The van der Waals surface area contributed by atoms with Crippen LogP contribution in [0.2, 0.25) is 0 Å². The molecule has 2 nitrogen and oxygen atoms in total. The third-order valence-corrected chi connectivity index (χ3v) is 6.18. The Kier molecular flexibility index (Phi) is 2.14. The van der Waals surface area contributed by atoms with Crippen LogP contribution in [0.4, 0.5) is 0 Å². The van der Waals surface area contributed by atoms with Crippen LogP contribution in [0.5, 0.6) is 0 Å². The first-order valence-corrected chi connectivity index (χ1v) is 7.37. The largest absolute Gasteiger partial charge is 0.313 e. The molecule has 2 aliphatic heterocycles. The third kappa shape index (κ3) is 1.15. The Bertz CT molecular complexity index is 278. The van der Waals surface area contributed by atoms with Crippen molar-refractivity contribution in [3.63, 3.8) is 0 Å². The number of hydrogen-bond donors (Lipinski definition) is 2. The Labute approximate surface area is 98.6 Å². The van der Waals surface area contributed by atoms with Gasteiger partial charge in [0.2, 0.25) is 0 Å². The fourth-order valence-corrected chi connectivity index (χ4v) is 5.53. The van der Waals surface area contributed by atoms with Gasteiger partial charge < -0.3 is 10.6 Å². The van der Waals surface area contributed by atoms with Gasteiger partial charge >= 0.3 is 0 Å². The minimum atomic E-state index is 0.657. The summed E-state index contributed by atoms with van der Waals surface area (Å²) in [7, 11) is 0. The molecule has 2 N–H and O–H groups in total. The molecule has 2 saturated carbocycles. The summed E-state index contributed by atoms with van der Waals surface area (Å²) < 4.78 is 0. The highest BCUT2D eigenvalue weighted by molar-refractivity contribution is 5.12. The quantitative estimate of drug-likeness (QED) is 0.705. The second kappa shape index (κ2) is 3.46. The molecule has 0 radical (unpaired) electrons. The second-order valence-electron chi connectivity index (χ2n) is 6.62. The summed E-state index contributed by atoms with van der Waals surface area (Å²) in [6.07, 6.45) is 10.4. The fourth-order valence-electron chi connectivity index (χ4n) is 5.53. The first-order valence-electron chi connectivity index (χ1n) is 7.37. The SMILES string of the molecule is C1CC2CNC(C34CCCC3NCC4)C2C1. The van der Waals surface area contributed by atoms with E-state index in [9.17, 15) is 0 Å². The van der Waals surface area contributed by atoms with E-state index in [0.717, 1.165) is 23.9 Å². The topological polar surface area (TPSA) is 24.1 Å². The third-order valence-electron chi connectivity index (χ3n) is 6.18. The van der Waals surface area contributed by atoms with Crippen LogP contribution in [-0.4, -0.2) is 25.2 Å². The summed E-state index contributed by atoms with van der Waals surface area (Å²) in [5, 5.41) is 7.70. The molecule has 90 valence electrons. The highest BCUT2D eigenvalue weighted by atomic mass is 15.1. The van der Waals surface area contributed by atoms with Gasteiger partial charge in [0.1, 0.15) is 0 Å². The molecular formula is C14H24N2. The highest BCUT2D eigenvalue weighted by Crippen LogP contribution is 2.53. The Morgan fingerprint density at radius 2 is 1.94 bits per heavy atom. The van der Waals surface area contributed by atoms with Gasteiger partial charge in [-0.2, -0.15) is 0 Å². The monoisotopic (exact) mass is 220 g/mol. The molecule has 5 atom stereocenters. The molecule has 2 aliphatic carbocycles. The number of nitrogens with one attached hydrogen (secondary N) is 2. The van der Waals surface area contributed by atoms with Gasteiger partial charge in [-0.3, -0.25) is 0 Å². The van der Waals surface area contributed by atoms with Crippen molar-refractivity contribution in [2.24, 2.45) is 17.3 Å². The minimum absolute atomic E-state index is 0.657. The Hall–Kier alpha value is -0.0800. The normalized spacial score (nSPS) is 55.5. The maximum Gasteiger partial charge on any atom is 0.0170 e. The van der Waals surface area contributed by atoms with E-state index in [4.69, 9.17) is 0 Å². The fraction of sp³-hybridized carbons (Fsp3) is 1.00. The molecule has 4 rings (SSSR count). The van der Waals surface area contributed by atoms with E-state index in [2.05, 4.69) is 10.6 Å². The maximum atomic E-state index is 3.92. The van der Waals surface area contributed by atoms with Gasteiger partial charge in [0.25, 0.3) is 0 Å². The van der Waals surface area contributed by atoms with E-state index in [1.165, 1.54) is 58.0 Å². The van der Waals surface area contributed by atoms with Crippen molar-refractivity contribution in [2.45, 2.75) is 57.0 Å². The van der Waals surface area contributed by atoms with Gasteiger partial charge in [-0.15, -0.1) is 0 Å². The van der Waals surface area contributed by atoms with Crippen molar-refractivity contribution in [1.29, 1.82) is 0 Å².